The number of hydrogen-bond acceptors (Lipinski definition) is 3. The van der Waals surface area contributed by atoms with Crippen LogP contribution in [0.1, 0.15) is 60.3 Å². The van der Waals surface area contributed by atoms with Crippen LogP contribution in [0, 0.1) is 12.3 Å². The minimum atomic E-state index is -3.68. The second-order valence-corrected chi connectivity index (χ2v) is 11.0. The molecule has 158 valence electrons. The number of H-pyrrole nitrogens is 1. The molecule has 0 unspecified atom stereocenters. The van der Waals surface area contributed by atoms with Crippen molar-refractivity contribution in [3.05, 3.63) is 64.8 Å². The molecule has 2 aromatic carbocycles. The van der Waals surface area contributed by atoms with E-state index >= 15 is 0 Å². The summed E-state index contributed by atoms with van der Waals surface area (Å²) >= 11 is 0. The average molecular weight is 425 g/mol. The standard InChI is InChI=1S/C24H28N2O3S/c1-15-10-18-19(26-20-12-24(3,4)13-21(27)23(18)20)11-22(15)30(28,29)25-14-16(2)17-8-6-5-7-9-17/h5-11,16,25-26H,12-14H2,1-4H3/t16-/m1/s1. The lowest BCUT2D eigenvalue weighted by Crippen LogP contribution is -2.28. The molecule has 0 radical (unpaired) electrons. The third-order valence-electron chi connectivity index (χ3n) is 5.98. The molecule has 0 bridgehead atoms. The molecule has 5 nitrogen and oxygen atoms in total. The number of aryl methyl sites for hydroxylation is 1. The fraction of sp³-hybridized carbons (Fsp3) is 0.375. The summed E-state index contributed by atoms with van der Waals surface area (Å²) in [6, 6.07) is 13.3. The van der Waals surface area contributed by atoms with Crippen molar-refractivity contribution >= 4 is 26.7 Å². The van der Waals surface area contributed by atoms with Crippen LogP contribution in [-0.4, -0.2) is 25.7 Å². The first-order valence-electron chi connectivity index (χ1n) is 10.3. The fourth-order valence-corrected chi connectivity index (χ4v) is 5.78. The maximum Gasteiger partial charge on any atom is 0.240 e. The Morgan fingerprint density at radius 1 is 1.13 bits per heavy atom. The van der Waals surface area contributed by atoms with Crippen LogP contribution < -0.4 is 4.72 Å². The maximum absolute atomic E-state index is 13.1. The summed E-state index contributed by atoms with van der Waals surface area (Å²) in [5, 5.41) is 0.819. The van der Waals surface area contributed by atoms with E-state index in [9.17, 15) is 13.2 Å². The van der Waals surface area contributed by atoms with Crippen LogP contribution in [0.2, 0.25) is 0 Å². The van der Waals surface area contributed by atoms with E-state index in [-0.39, 0.29) is 22.0 Å². The number of ketones is 1. The Bertz CT molecular complexity index is 1220. The van der Waals surface area contributed by atoms with E-state index in [0.717, 1.165) is 28.6 Å². The van der Waals surface area contributed by atoms with Gasteiger partial charge >= 0.3 is 0 Å². The molecule has 6 heteroatoms. The number of benzene rings is 2. The first-order chi connectivity index (χ1) is 14.1. The van der Waals surface area contributed by atoms with Gasteiger partial charge in [-0.15, -0.1) is 0 Å². The number of aromatic amines is 1. The van der Waals surface area contributed by atoms with E-state index in [0.29, 0.717) is 24.0 Å². The van der Waals surface area contributed by atoms with Gasteiger partial charge in [0.1, 0.15) is 0 Å². The molecule has 0 saturated heterocycles. The van der Waals surface area contributed by atoms with Crippen molar-refractivity contribution in [1.29, 1.82) is 0 Å². The quantitative estimate of drug-likeness (QED) is 0.622. The zero-order valence-electron chi connectivity index (χ0n) is 17.9. The Hall–Kier alpha value is -2.44. The van der Waals surface area contributed by atoms with Gasteiger partial charge in [0.25, 0.3) is 0 Å². The summed E-state index contributed by atoms with van der Waals surface area (Å²) in [5.41, 5.74) is 3.97. The maximum atomic E-state index is 13.1. The number of carbonyl (C=O) groups is 1. The van der Waals surface area contributed by atoms with Gasteiger partial charge in [-0.3, -0.25) is 4.79 Å². The monoisotopic (exact) mass is 424 g/mol. The van der Waals surface area contributed by atoms with E-state index in [1.165, 1.54) is 0 Å². The Kier molecular flexibility index (Phi) is 5.11. The van der Waals surface area contributed by atoms with E-state index in [1.807, 2.05) is 43.3 Å². The number of aromatic nitrogens is 1. The molecule has 1 atom stereocenters. The van der Waals surface area contributed by atoms with Crippen molar-refractivity contribution in [3.63, 3.8) is 0 Å². The molecule has 1 aromatic heterocycles. The molecular formula is C24H28N2O3S. The molecule has 0 amide bonds. The Balaban J connectivity index is 1.66. The first-order valence-corrected chi connectivity index (χ1v) is 11.8. The SMILES string of the molecule is Cc1cc2c3c([nH]c2cc1S(=O)(=O)NC[C@@H](C)c1ccccc1)CC(C)(C)CC3=O. The number of nitrogens with one attached hydrogen (secondary N) is 2. The van der Waals surface area contributed by atoms with Crippen molar-refractivity contribution in [3.8, 4) is 0 Å². The number of hydrogen-bond donors (Lipinski definition) is 2. The van der Waals surface area contributed by atoms with Crippen LogP contribution in [0.3, 0.4) is 0 Å². The van der Waals surface area contributed by atoms with E-state index in [4.69, 9.17) is 0 Å². The summed E-state index contributed by atoms with van der Waals surface area (Å²) < 4.78 is 28.9. The predicted octanol–water partition coefficient (Wildman–Crippen LogP) is 4.71. The molecule has 3 aromatic rings. The molecule has 1 aliphatic rings. The minimum Gasteiger partial charge on any atom is -0.358 e. The fourth-order valence-electron chi connectivity index (χ4n) is 4.40. The highest BCUT2D eigenvalue weighted by molar-refractivity contribution is 7.89. The number of rotatable bonds is 5. The van der Waals surface area contributed by atoms with Gasteiger partial charge in [-0.25, -0.2) is 13.1 Å². The van der Waals surface area contributed by atoms with E-state index in [1.54, 1.807) is 13.0 Å². The Labute approximate surface area is 177 Å². The number of carbonyl (C=O) groups excluding carboxylic acids is 1. The molecule has 2 N–H and O–H groups in total. The highest BCUT2D eigenvalue weighted by atomic mass is 32.2. The second kappa shape index (κ2) is 7.36. The number of Topliss-reactive ketones (excluding diaryl/α,β-unsaturated/α-hetero) is 1. The molecule has 0 spiro atoms. The van der Waals surface area contributed by atoms with Crippen LogP contribution in [0.25, 0.3) is 10.9 Å². The Morgan fingerprint density at radius 2 is 1.83 bits per heavy atom. The van der Waals surface area contributed by atoms with Gasteiger partial charge in [-0.2, -0.15) is 0 Å². The molecule has 4 rings (SSSR count). The molecule has 30 heavy (non-hydrogen) atoms. The molecule has 0 aliphatic heterocycles. The van der Waals surface area contributed by atoms with Crippen LogP contribution in [0.4, 0.5) is 0 Å². The summed E-state index contributed by atoms with van der Waals surface area (Å²) in [7, 11) is -3.68. The van der Waals surface area contributed by atoms with Crippen LogP contribution >= 0.6 is 0 Å². The van der Waals surface area contributed by atoms with Gasteiger partial charge < -0.3 is 4.98 Å². The van der Waals surface area contributed by atoms with E-state index < -0.39 is 10.0 Å². The van der Waals surface area contributed by atoms with Gasteiger partial charge in [0.2, 0.25) is 10.0 Å². The summed E-state index contributed by atoms with van der Waals surface area (Å²) in [6.07, 6.45) is 1.28. The zero-order chi connectivity index (χ0) is 21.7. The van der Waals surface area contributed by atoms with Gasteiger partial charge in [0, 0.05) is 35.1 Å². The third-order valence-corrected chi connectivity index (χ3v) is 7.55. The summed E-state index contributed by atoms with van der Waals surface area (Å²) in [4.78, 5) is 16.3. The molecule has 0 fully saturated rings. The Morgan fingerprint density at radius 3 is 2.53 bits per heavy atom. The van der Waals surface area contributed by atoms with Crippen molar-refractivity contribution in [1.82, 2.24) is 9.71 Å². The first kappa shape index (κ1) is 20.8. The predicted molar refractivity (Wildman–Crippen MR) is 120 cm³/mol. The zero-order valence-corrected chi connectivity index (χ0v) is 18.7. The van der Waals surface area contributed by atoms with Crippen molar-refractivity contribution < 1.29 is 13.2 Å². The normalized spacial score (nSPS) is 17.1. The van der Waals surface area contributed by atoms with Crippen molar-refractivity contribution in [2.45, 2.75) is 51.3 Å². The lowest BCUT2D eigenvalue weighted by atomic mass is 9.76. The summed E-state index contributed by atoms with van der Waals surface area (Å²) in [5.74, 6) is 0.181. The number of sulfonamides is 1. The highest BCUT2D eigenvalue weighted by Gasteiger charge is 2.34. The van der Waals surface area contributed by atoms with Crippen LogP contribution in [0.5, 0.6) is 0 Å². The summed E-state index contributed by atoms with van der Waals surface area (Å²) in [6.45, 7) is 8.26. The van der Waals surface area contributed by atoms with Crippen LogP contribution in [0.15, 0.2) is 47.4 Å². The largest absolute Gasteiger partial charge is 0.358 e. The minimum absolute atomic E-state index is 0.0580. The molecule has 0 saturated carbocycles. The lowest BCUT2D eigenvalue weighted by Gasteiger charge is -2.28. The van der Waals surface area contributed by atoms with Crippen LogP contribution in [-0.2, 0) is 16.4 Å². The van der Waals surface area contributed by atoms with Gasteiger partial charge in [-0.1, -0.05) is 51.1 Å². The second-order valence-electron chi connectivity index (χ2n) is 9.25. The topological polar surface area (TPSA) is 79.0 Å². The average Bonchev–Trinajstić information content (AvgIpc) is 3.02. The van der Waals surface area contributed by atoms with Gasteiger partial charge in [-0.05, 0) is 47.9 Å². The van der Waals surface area contributed by atoms with E-state index in [2.05, 4.69) is 23.6 Å². The molecule has 1 aliphatic carbocycles. The van der Waals surface area contributed by atoms with Crippen molar-refractivity contribution in [2.75, 3.05) is 6.54 Å². The third kappa shape index (κ3) is 3.82. The van der Waals surface area contributed by atoms with Crippen molar-refractivity contribution in [2.24, 2.45) is 5.41 Å². The molecular weight excluding hydrogens is 396 g/mol. The smallest absolute Gasteiger partial charge is 0.240 e. The highest BCUT2D eigenvalue weighted by Crippen LogP contribution is 2.39. The lowest BCUT2D eigenvalue weighted by molar-refractivity contribution is 0.0913. The number of fused-ring (bicyclic) bond motifs is 3. The van der Waals surface area contributed by atoms with Gasteiger partial charge in [0.05, 0.1) is 4.90 Å². The molecule has 1 heterocycles. The van der Waals surface area contributed by atoms with Gasteiger partial charge in [0.15, 0.2) is 5.78 Å².